The number of nitrogens with one attached hydrogen (secondary N) is 1. The molecule has 5 nitrogen and oxygen atoms in total. The maximum atomic E-state index is 13.0. The first-order valence-electron chi connectivity index (χ1n) is 8.65. The van der Waals surface area contributed by atoms with Crippen LogP contribution < -0.4 is 5.32 Å². The molecule has 0 aliphatic rings. The second kappa shape index (κ2) is 7.62. The summed E-state index contributed by atoms with van der Waals surface area (Å²) in [5.41, 5.74) is 2.95. The van der Waals surface area contributed by atoms with E-state index >= 15 is 0 Å². The van der Waals surface area contributed by atoms with E-state index in [1.807, 2.05) is 43.3 Å². The van der Waals surface area contributed by atoms with Crippen LogP contribution in [0.4, 0.5) is 5.82 Å². The van der Waals surface area contributed by atoms with Crippen molar-refractivity contribution in [2.75, 3.05) is 5.32 Å². The SMILES string of the molecule is Cc1cc(C(=O)Nc2ccnn2Cc2cccc(Cl)c2Cl)c2ccccc2n1. The second-order valence-corrected chi connectivity index (χ2v) is 7.15. The largest absolute Gasteiger partial charge is 0.307 e. The average Bonchev–Trinajstić information content (AvgIpc) is 3.11. The van der Waals surface area contributed by atoms with E-state index in [-0.39, 0.29) is 5.91 Å². The van der Waals surface area contributed by atoms with Gasteiger partial charge in [-0.3, -0.25) is 9.78 Å². The quantitative estimate of drug-likeness (QED) is 0.493. The molecule has 0 fully saturated rings. The minimum Gasteiger partial charge on any atom is -0.307 e. The predicted molar refractivity (Wildman–Crippen MR) is 112 cm³/mol. The zero-order valence-electron chi connectivity index (χ0n) is 15.0. The van der Waals surface area contributed by atoms with Crippen molar-refractivity contribution in [3.8, 4) is 0 Å². The highest BCUT2D eigenvalue weighted by Crippen LogP contribution is 2.27. The van der Waals surface area contributed by atoms with Gasteiger partial charge in [-0.15, -0.1) is 0 Å². The monoisotopic (exact) mass is 410 g/mol. The highest BCUT2D eigenvalue weighted by molar-refractivity contribution is 6.42. The van der Waals surface area contributed by atoms with Crippen molar-refractivity contribution in [3.05, 3.63) is 87.7 Å². The van der Waals surface area contributed by atoms with E-state index in [0.29, 0.717) is 28.0 Å². The number of carbonyl (C=O) groups is 1. The van der Waals surface area contributed by atoms with Crippen LogP contribution in [0.3, 0.4) is 0 Å². The van der Waals surface area contributed by atoms with Gasteiger partial charge in [-0.2, -0.15) is 5.10 Å². The van der Waals surface area contributed by atoms with Gasteiger partial charge in [0.2, 0.25) is 0 Å². The van der Waals surface area contributed by atoms with Gasteiger partial charge in [-0.1, -0.05) is 53.5 Å². The molecule has 2 heterocycles. The lowest BCUT2D eigenvalue weighted by atomic mass is 10.1. The van der Waals surface area contributed by atoms with Crippen molar-refractivity contribution in [2.45, 2.75) is 13.5 Å². The molecule has 7 heteroatoms. The molecule has 0 radical (unpaired) electrons. The Labute approximate surface area is 171 Å². The third-order valence-electron chi connectivity index (χ3n) is 4.40. The average molecular weight is 411 g/mol. The number of aromatic nitrogens is 3. The number of carbonyl (C=O) groups excluding carboxylic acids is 1. The highest BCUT2D eigenvalue weighted by atomic mass is 35.5. The molecule has 2 aromatic heterocycles. The van der Waals surface area contributed by atoms with Gasteiger partial charge in [-0.05, 0) is 30.7 Å². The van der Waals surface area contributed by atoms with Crippen LogP contribution in [0.1, 0.15) is 21.6 Å². The molecule has 0 bridgehead atoms. The predicted octanol–water partition coefficient (Wildman–Crippen LogP) is 5.35. The summed E-state index contributed by atoms with van der Waals surface area (Å²) in [6.07, 6.45) is 1.63. The first-order valence-corrected chi connectivity index (χ1v) is 9.41. The summed E-state index contributed by atoms with van der Waals surface area (Å²) in [5, 5.41) is 9.00. The van der Waals surface area contributed by atoms with E-state index in [1.54, 1.807) is 29.1 Å². The Balaban J connectivity index is 1.64. The van der Waals surface area contributed by atoms with Gasteiger partial charge in [0.15, 0.2) is 0 Å². The summed E-state index contributed by atoms with van der Waals surface area (Å²) in [4.78, 5) is 17.5. The van der Waals surface area contributed by atoms with Gasteiger partial charge < -0.3 is 5.32 Å². The number of pyridine rings is 1. The summed E-state index contributed by atoms with van der Waals surface area (Å²) in [7, 11) is 0. The van der Waals surface area contributed by atoms with Gasteiger partial charge in [0.05, 0.1) is 33.9 Å². The van der Waals surface area contributed by atoms with Crippen molar-refractivity contribution in [3.63, 3.8) is 0 Å². The van der Waals surface area contributed by atoms with Crippen molar-refractivity contribution in [1.82, 2.24) is 14.8 Å². The number of hydrogen-bond acceptors (Lipinski definition) is 3. The molecule has 1 N–H and O–H groups in total. The number of benzene rings is 2. The molecule has 28 heavy (non-hydrogen) atoms. The van der Waals surface area contributed by atoms with E-state index in [2.05, 4.69) is 15.4 Å². The zero-order chi connectivity index (χ0) is 19.7. The fourth-order valence-electron chi connectivity index (χ4n) is 3.08. The molecule has 0 atom stereocenters. The number of para-hydroxylation sites is 1. The minimum atomic E-state index is -0.222. The lowest BCUT2D eigenvalue weighted by Gasteiger charge is -2.12. The normalized spacial score (nSPS) is 11.0. The van der Waals surface area contributed by atoms with Crippen LogP contribution in [-0.2, 0) is 6.54 Å². The molecule has 0 saturated carbocycles. The molecular formula is C21H16Cl2N4O. The molecule has 1 amide bonds. The summed E-state index contributed by atoms with van der Waals surface area (Å²) in [5.74, 6) is 0.347. The summed E-state index contributed by atoms with van der Waals surface area (Å²) >= 11 is 12.4. The maximum absolute atomic E-state index is 13.0. The summed E-state index contributed by atoms with van der Waals surface area (Å²) in [6.45, 7) is 2.26. The van der Waals surface area contributed by atoms with E-state index in [1.165, 1.54) is 0 Å². The molecule has 4 rings (SSSR count). The van der Waals surface area contributed by atoms with E-state index in [9.17, 15) is 4.79 Å². The van der Waals surface area contributed by atoms with Crippen LogP contribution in [0.25, 0.3) is 10.9 Å². The van der Waals surface area contributed by atoms with E-state index < -0.39 is 0 Å². The van der Waals surface area contributed by atoms with E-state index in [4.69, 9.17) is 23.2 Å². The van der Waals surface area contributed by atoms with Crippen molar-refractivity contribution < 1.29 is 4.79 Å². The van der Waals surface area contributed by atoms with Crippen LogP contribution in [-0.4, -0.2) is 20.7 Å². The van der Waals surface area contributed by atoms with E-state index in [0.717, 1.165) is 22.2 Å². The van der Waals surface area contributed by atoms with Crippen LogP contribution >= 0.6 is 23.2 Å². The fourth-order valence-corrected chi connectivity index (χ4v) is 3.46. The Morgan fingerprint density at radius 1 is 1.11 bits per heavy atom. The number of fused-ring (bicyclic) bond motifs is 1. The summed E-state index contributed by atoms with van der Waals surface area (Å²) < 4.78 is 1.67. The lowest BCUT2D eigenvalue weighted by molar-refractivity contribution is 0.102. The fraction of sp³-hybridized carbons (Fsp3) is 0.0952. The van der Waals surface area contributed by atoms with Gasteiger partial charge in [0, 0.05) is 17.1 Å². The van der Waals surface area contributed by atoms with Crippen molar-refractivity contribution in [2.24, 2.45) is 0 Å². The minimum absolute atomic E-state index is 0.222. The van der Waals surface area contributed by atoms with Crippen LogP contribution in [0.15, 0.2) is 60.8 Å². The Kier molecular flexibility index (Phi) is 5.03. The molecule has 4 aromatic rings. The maximum Gasteiger partial charge on any atom is 0.257 e. The number of halogens is 2. The molecule has 140 valence electrons. The molecule has 2 aromatic carbocycles. The van der Waals surface area contributed by atoms with Crippen molar-refractivity contribution >= 4 is 45.8 Å². The number of rotatable bonds is 4. The van der Waals surface area contributed by atoms with Crippen LogP contribution in [0.2, 0.25) is 10.0 Å². The molecule has 0 aliphatic heterocycles. The Bertz CT molecular complexity index is 1190. The summed E-state index contributed by atoms with van der Waals surface area (Å²) in [6, 6.07) is 16.5. The molecule has 0 aliphatic carbocycles. The lowest BCUT2D eigenvalue weighted by Crippen LogP contribution is -2.17. The first-order chi connectivity index (χ1) is 13.5. The highest BCUT2D eigenvalue weighted by Gasteiger charge is 2.15. The smallest absolute Gasteiger partial charge is 0.257 e. The third-order valence-corrected chi connectivity index (χ3v) is 5.26. The Morgan fingerprint density at radius 3 is 2.79 bits per heavy atom. The zero-order valence-corrected chi connectivity index (χ0v) is 16.5. The van der Waals surface area contributed by atoms with Gasteiger partial charge in [-0.25, -0.2) is 4.68 Å². The topological polar surface area (TPSA) is 59.8 Å². The number of aryl methyl sites for hydroxylation is 1. The molecule has 0 spiro atoms. The third kappa shape index (κ3) is 3.59. The van der Waals surface area contributed by atoms with Gasteiger partial charge in [0.1, 0.15) is 5.82 Å². The van der Waals surface area contributed by atoms with Gasteiger partial charge in [0.25, 0.3) is 5.91 Å². The second-order valence-electron chi connectivity index (χ2n) is 6.37. The molecule has 0 unspecified atom stereocenters. The van der Waals surface area contributed by atoms with Gasteiger partial charge >= 0.3 is 0 Å². The molecule has 0 saturated heterocycles. The number of hydrogen-bond donors (Lipinski definition) is 1. The standard InChI is InChI=1S/C21H16Cl2N4O/c1-13-11-16(15-6-2-3-8-18(15)25-13)21(28)26-19-9-10-24-27(19)12-14-5-4-7-17(22)20(14)23/h2-11H,12H2,1H3,(H,26,28). The Morgan fingerprint density at radius 2 is 1.93 bits per heavy atom. The number of anilines is 1. The number of amides is 1. The first kappa shape index (κ1) is 18.5. The Hall–Kier alpha value is -2.89. The number of nitrogens with zero attached hydrogens (tertiary/aromatic N) is 3. The molecular weight excluding hydrogens is 395 g/mol. The van der Waals surface area contributed by atoms with Crippen LogP contribution in [0.5, 0.6) is 0 Å². The van der Waals surface area contributed by atoms with Crippen molar-refractivity contribution in [1.29, 1.82) is 0 Å². The van der Waals surface area contributed by atoms with Crippen LogP contribution in [0, 0.1) is 6.92 Å².